The topological polar surface area (TPSA) is 81.5 Å². The van der Waals surface area contributed by atoms with Crippen molar-refractivity contribution in [1.82, 2.24) is 14.7 Å². The standard InChI is InChI=1S/C16H19N3O4S/c1-18(13-8-9-24(21,22)11-13)16(20)15-14(23-2)10-19(17-15)12-6-4-3-5-7-12/h3-7,10,13H,8-9,11H2,1-2H3/t13-/m0/s1. The van der Waals surface area contributed by atoms with Crippen LogP contribution in [0.4, 0.5) is 0 Å². The van der Waals surface area contributed by atoms with E-state index in [9.17, 15) is 13.2 Å². The summed E-state index contributed by atoms with van der Waals surface area (Å²) in [5.41, 5.74) is 0.981. The number of ether oxygens (including phenoxy) is 1. The van der Waals surface area contributed by atoms with Crippen LogP contribution in [0.15, 0.2) is 36.5 Å². The van der Waals surface area contributed by atoms with Gasteiger partial charge in [-0.15, -0.1) is 0 Å². The molecule has 0 bridgehead atoms. The molecule has 0 unspecified atom stereocenters. The van der Waals surface area contributed by atoms with E-state index in [1.165, 1.54) is 12.0 Å². The Morgan fingerprint density at radius 2 is 2.04 bits per heavy atom. The van der Waals surface area contributed by atoms with E-state index in [4.69, 9.17) is 4.74 Å². The van der Waals surface area contributed by atoms with Crippen molar-refractivity contribution < 1.29 is 17.9 Å². The van der Waals surface area contributed by atoms with Crippen molar-refractivity contribution in [1.29, 1.82) is 0 Å². The highest BCUT2D eigenvalue weighted by Gasteiger charge is 2.34. The van der Waals surface area contributed by atoms with Crippen LogP contribution in [0, 0.1) is 0 Å². The lowest BCUT2D eigenvalue weighted by atomic mass is 10.2. The van der Waals surface area contributed by atoms with Crippen molar-refractivity contribution in [3.8, 4) is 11.4 Å². The van der Waals surface area contributed by atoms with E-state index in [0.717, 1.165) is 5.69 Å². The van der Waals surface area contributed by atoms with Gasteiger partial charge in [-0.05, 0) is 18.6 Å². The monoisotopic (exact) mass is 349 g/mol. The van der Waals surface area contributed by atoms with Crippen LogP contribution >= 0.6 is 0 Å². The second-order valence-electron chi connectivity index (χ2n) is 5.80. The summed E-state index contributed by atoms with van der Waals surface area (Å²) in [6, 6.07) is 9.06. The molecule has 2 aromatic rings. The van der Waals surface area contributed by atoms with Crippen molar-refractivity contribution in [2.45, 2.75) is 12.5 Å². The predicted octanol–water partition coefficient (Wildman–Crippen LogP) is 1.14. The van der Waals surface area contributed by atoms with E-state index in [1.807, 2.05) is 30.3 Å². The molecule has 1 aromatic heterocycles. The molecule has 1 aromatic carbocycles. The van der Waals surface area contributed by atoms with E-state index in [0.29, 0.717) is 12.2 Å². The van der Waals surface area contributed by atoms with Crippen LogP contribution in [0.25, 0.3) is 5.69 Å². The Bertz CT molecular complexity index is 845. The number of aromatic nitrogens is 2. The molecule has 7 nitrogen and oxygen atoms in total. The van der Waals surface area contributed by atoms with Crippen LogP contribution < -0.4 is 4.74 Å². The first-order chi connectivity index (χ1) is 11.4. The van der Waals surface area contributed by atoms with Crippen molar-refractivity contribution >= 4 is 15.7 Å². The lowest BCUT2D eigenvalue weighted by Crippen LogP contribution is -2.38. The summed E-state index contributed by atoms with van der Waals surface area (Å²) in [6.07, 6.45) is 2.09. The predicted molar refractivity (Wildman–Crippen MR) is 89.3 cm³/mol. The van der Waals surface area contributed by atoms with Crippen LogP contribution in [-0.4, -0.2) is 60.7 Å². The summed E-state index contributed by atoms with van der Waals surface area (Å²) in [4.78, 5) is 14.2. The lowest BCUT2D eigenvalue weighted by Gasteiger charge is -2.22. The van der Waals surface area contributed by atoms with Crippen molar-refractivity contribution in [2.24, 2.45) is 0 Å². The van der Waals surface area contributed by atoms with Gasteiger partial charge in [0, 0.05) is 13.1 Å². The normalized spacial score (nSPS) is 19.2. The van der Waals surface area contributed by atoms with Gasteiger partial charge >= 0.3 is 0 Å². The number of para-hydroxylation sites is 1. The van der Waals surface area contributed by atoms with Crippen LogP contribution in [-0.2, 0) is 9.84 Å². The number of rotatable bonds is 4. The first-order valence-corrected chi connectivity index (χ1v) is 9.40. The van der Waals surface area contributed by atoms with Crippen LogP contribution in [0.5, 0.6) is 5.75 Å². The molecular formula is C16H19N3O4S. The maximum atomic E-state index is 12.7. The number of methoxy groups -OCH3 is 1. The van der Waals surface area contributed by atoms with Gasteiger partial charge in [0.15, 0.2) is 21.3 Å². The maximum absolute atomic E-state index is 12.7. The van der Waals surface area contributed by atoms with E-state index >= 15 is 0 Å². The van der Waals surface area contributed by atoms with Crippen LogP contribution in [0.1, 0.15) is 16.9 Å². The van der Waals surface area contributed by atoms with E-state index < -0.39 is 9.84 Å². The summed E-state index contributed by atoms with van der Waals surface area (Å²) < 4.78 is 30.1. The van der Waals surface area contributed by atoms with Gasteiger partial charge in [-0.25, -0.2) is 13.1 Å². The number of hydrogen-bond acceptors (Lipinski definition) is 5. The average Bonchev–Trinajstić information content (AvgIpc) is 3.17. The molecule has 0 N–H and O–H groups in total. The Morgan fingerprint density at radius 1 is 1.33 bits per heavy atom. The summed E-state index contributed by atoms with van der Waals surface area (Å²) in [5, 5.41) is 4.33. The first kappa shape index (κ1) is 16.5. The Labute approximate surface area is 140 Å². The van der Waals surface area contributed by atoms with Crippen LogP contribution in [0.3, 0.4) is 0 Å². The van der Waals surface area contributed by atoms with Crippen molar-refractivity contribution in [3.05, 3.63) is 42.2 Å². The second-order valence-corrected chi connectivity index (χ2v) is 8.03. The largest absolute Gasteiger partial charge is 0.493 e. The smallest absolute Gasteiger partial charge is 0.278 e. The van der Waals surface area contributed by atoms with Gasteiger partial charge in [0.2, 0.25) is 0 Å². The number of nitrogens with zero attached hydrogens (tertiary/aromatic N) is 3. The molecular weight excluding hydrogens is 330 g/mol. The second kappa shape index (κ2) is 6.27. The number of carbonyl (C=O) groups is 1. The maximum Gasteiger partial charge on any atom is 0.278 e. The van der Waals surface area contributed by atoms with Crippen molar-refractivity contribution in [3.63, 3.8) is 0 Å². The number of carbonyl (C=O) groups excluding carboxylic acids is 1. The zero-order valence-corrected chi connectivity index (χ0v) is 14.4. The summed E-state index contributed by atoms with van der Waals surface area (Å²) >= 11 is 0. The molecule has 1 aliphatic rings. The van der Waals surface area contributed by atoms with Gasteiger partial charge in [-0.2, -0.15) is 5.10 Å². The Kier molecular flexibility index (Phi) is 4.31. The molecule has 0 aliphatic carbocycles. The third kappa shape index (κ3) is 3.14. The van der Waals surface area contributed by atoms with Gasteiger partial charge < -0.3 is 9.64 Å². The zero-order chi connectivity index (χ0) is 17.3. The molecule has 0 spiro atoms. The number of amides is 1. The molecule has 8 heteroatoms. The molecule has 1 saturated heterocycles. The highest BCUT2D eigenvalue weighted by atomic mass is 32.2. The number of benzene rings is 1. The molecule has 2 heterocycles. The molecule has 1 atom stereocenters. The fourth-order valence-corrected chi connectivity index (χ4v) is 4.56. The third-order valence-electron chi connectivity index (χ3n) is 4.20. The van der Waals surface area contributed by atoms with Gasteiger partial charge in [-0.1, -0.05) is 18.2 Å². The van der Waals surface area contributed by atoms with Gasteiger partial charge in [0.1, 0.15) is 0 Å². The number of sulfone groups is 1. The van der Waals surface area contributed by atoms with Gasteiger partial charge in [0.05, 0.1) is 30.5 Å². The minimum Gasteiger partial charge on any atom is -0.493 e. The Morgan fingerprint density at radius 3 is 2.62 bits per heavy atom. The highest BCUT2D eigenvalue weighted by molar-refractivity contribution is 7.91. The fraction of sp³-hybridized carbons (Fsp3) is 0.375. The van der Waals surface area contributed by atoms with Gasteiger partial charge in [-0.3, -0.25) is 4.79 Å². The molecule has 128 valence electrons. The van der Waals surface area contributed by atoms with E-state index in [-0.39, 0.29) is 29.1 Å². The molecule has 1 fully saturated rings. The average molecular weight is 349 g/mol. The summed E-state index contributed by atoms with van der Waals surface area (Å²) in [5.74, 6) is 0.127. The molecule has 1 aliphatic heterocycles. The van der Waals surface area contributed by atoms with E-state index in [2.05, 4.69) is 5.10 Å². The van der Waals surface area contributed by atoms with Crippen LogP contribution in [0.2, 0.25) is 0 Å². The quantitative estimate of drug-likeness (QED) is 0.827. The Balaban J connectivity index is 1.88. The first-order valence-electron chi connectivity index (χ1n) is 7.58. The zero-order valence-electron chi connectivity index (χ0n) is 13.5. The molecule has 1 amide bonds. The third-order valence-corrected chi connectivity index (χ3v) is 5.95. The summed E-state index contributed by atoms with van der Waals surface area (Å²) in [6.45, 7) is 0. The fourth-order valence-electron chi connectivity index (χ4n) is 2.78. The lowest BCUT2D eigenvalue weighted by molar-refractivity contribution is 0.0738. The Hall–Kier alpha value is -2.35. The molecule has 24 heavy (non-hydrogen) atoms. The highest BCUT2D eigenvalue weighted by Crippen LogP contribution is 2.24. The molecule has 0 radical (unpaired) electrons. The summed E-state index contributed by atoms with van der Waals surface area (Å²) in [7, 11) is 0.0209. The number of hydrogen-bond donors (Lipinski definition) is 0. The molecule has 0 saturated carbocycles. The van der Waals surface area contributed by atoms with E-state index in [1.54, 1.807) is 17.9 Å². The van der Waals surface area contributed by atoms with Gasteiger partial charge in [0.25, 0.3) is 5.91 Å². The minimum atomic E-state index is -3.06. The minimum absolute atomic E-state index is 0.00303. The molecule has 3 rings (SSSR count). The van der Waals surface area contributed by atoms with Crippen molar-refractivity contribution in [2.75, 3.05) is 25.7 Å². The SMILES string of the molecule is COc1cn(-c2ccccc2)nc1C(=O)N(C)[C@H]1CCS(=O)(=O)C1.